The molecule has 2 aliphatic heterocycles. The molecule has 1 aromatic rings. The number of ether oxygens (including phenoxy) is 2. The molecule has 2 saturated heterocycles. The Kier molecular flexibility index (Phi) is 4.48. The number of piperidine rings is 1. The molecule has 0 radical (unpaired) electrons. The largest absolute Gasteiger partial charge is 0.497 e. The van der Waals surface area contributed by atoms with Crippen molar-refractivity contribution in [1.82, 2.24) is 10.6 Å². The van der Waals surface area contributed by atoms with Gasteiger partial charge < -0.3 is 20.1 Å². The minimum absolute atomic E-state index is 0.0476. The quantitative estimate of drug-likeness (QED) is 0.892. The third kappa shape index (κ3) is 3.07. The van der Waals surface area contributed by atoms with Crippen LogP contribution in [0, 0.1) is 0 Å². The number of hydrogen-bond acceptors (Lipinski definition) is 4. The molecule has 2 heterocycles. The van der Waals surface area contributed by atoms with Crippen LogP contribution in [0.15, 0.2) is 24.3 Å². The Morgan fingerprint density at radius 3 is 2.67 bits per heavy atom. The summed E-state index contributed by atoms with van der Waals surface area (Å²) in [5.74, 6) is 0.907. The molecular weight excluding hydrogens is 264 g/mol. The van der Waals surface area contributed by atoms with Gasteiger partial charge in [-0.1, -0.05) is 12.1 Å². The normalized spacial score (nSPS) is 25.9. The molecule has 2 aliphatic rings. The summed E-state index contributed by atoms with van der Waals surface area (Å²) in [6, 6.07) is 9.12. The maximum absolute atomic E-state index is 6.14. The first kappa shape index (κ1) is 14.8. The van der Waals surface area contributed by atoms with Crippen LogP contribution in [0.5, 0.6) is 5.75 Å². The van der Waals surface area contributed by atoms with Crippen LogP contribution >= 0.6 is 0 Å². The minimum atomic E-state index is 0.0476. The van der Waals surface area contributed by atoms with Crippen molar-refractivity contribution in [3.63, 3.8) is 0 Å². The van der Waals surface area contributed by atoms with Crippen LogP contribution in [-0.4, -0.2) is 38.4 Å². The van der Waals surface area contributed by atoms with E-state index in [0.717, 1.165) is 44.7 Å². The zero-order valence-electron chi connectivity index (χ0n) is 13.0. The summed E-state index contributed by atoms with van der Waals surface area (Å²) in [5.41, 5.74) is 1.35. The van der Waals surface area contributed by atoms with Crippen LogP contribution in [0.25, 0.3) is 0 Å². The van der Waals surface area contributed by atoms with Crippen molar-refractivity contribution in [2.45, 2.75) is 43.9 Å². The zero-order chi connectivity index (χ0) is 14.7. The standard InChI is InChI=1S/C17H26N2O2/c1-13(14-3-5-15(20-2)6-4-14)19-16-7-12-21-17(16)8-10-18-11-9-17/h3-6,13,16,18-19H,7-12H2,1-2H3/t13-,16?/m1/s1. The molecule has 116 valence electrons. The van der Waals surface area contributed by atoms with Gasteiger partial charge in [0.15, 0.2) is 0 Å². The van der Waals surface area contributed by atoms with Gasteiger partial charge in [0.05, 0.1) is 12.7 Å². The Balaban J connectivity index is 1.66. The Hall–Kier alpha value is -1.10. The smallest absolute Gasteiger partial charge is 0.118 e. The second kappa shape index (κ2) is 6.34. The molecule has 4 heteroatoms. The van der Waals surface area contributed by atoms with E-state index in [2.05, 4.69) is 29.7 Å². The van der Waals surface area contributed by atoms with Gasteiger partial charge in [-0.15, -0.1) is 0 Å². The number of benzene rings is 1. The van der Waals surface area contributed by atoms with Crippen LogP contribution in [-0.2, 0) is 4.74 Å². The monoisotopic (exact) mass is 290 g/mol. The molecule has 0 aromatic heterocycles. The SMILES string of the molecule is COc1ccc([C@@H](C)NC2CCOC23CCNCC3)cc1. The fraction of sp³-hybridized carbons (Fsp3) is 0.647. The predicted octanol–water partition coefficient (Wildman–Crippen LogP) is 2.26. The number of nitrogens with one attached hydrogen (secondary N) is 2. The summed E-state index contributed by atoms with van der Waals surface area (Å²) in [5, 5.41) is 7.23. The number of methoxy groups -OCH3 is 1. The Labute approximate surface area is 127 Å². The molecule has 2 N–H and O–H groups in total. The van der Waals surface area contributed by atoms with Crippen LogP contribution in [0.3, 0.4) is 0 Å². The highest BCUT2D eigenvalue weighted by atomic mass is 16.5. The van der Waals surface area contributed by atoms with Gasteiger partial charge in [0.25, 0.3) is 0 Å². The second-order valence-corrected chi connectivity index (χ2v) is 6.17. The molecule has 0 amide bonds. The minimum Gasteiger partial charge on any atom is -0.497 e. The van der Waals surface area contributed by atoms with Gasteiger partial charge in [-0.05, 0) is 57.0 Å². The predicted molar refractivity (Wildman–Crippen MR) is 83.7 cm³/mol. The first-order valence-corrected chi connectivity index (χ1v) is 7.98. The molecule has 1 unspecified atom stereocenters. The molecule has 21 heavy (non-hydrogen) atoms. The van der Waals surface area contributed by atoms with Gasteiger partial charge >= 0.3 is 0 Å². The highest BCUT2D eigenvalue weighted by molar-refractivity contribution is 5.29. The highest BCUT2D eigenvalue weighted by Gasteiger charge is 2.45. The van der Waals surface area contributed by atoms with Crippen molar-refractivity contribution in [3.05, 3.63) is 29.8 Å². The third-order valence-corrected chi connectivity index (χ3v) is 4.95. The summed E-state index contributed by atoms with van der Waals surface area (Å²) < 4.78 is 11.4. The van der Waals surface area contributed by atoms with Crippen molar-refractivity contribution < 1.29 is 9.47 Å². The lowest BCUT2D eigenvalue weighted by Crippen LogP contribution is -2.53. The number of hydrogen-bond donors (Lipinski definition) is 2. The first-order chi connectivity index (χ1) is 10.2. The summed E-state index contributed by atoms with van der Waals surface area (Å²) in [6.07, 6.45) is 3.33. The molecule has 1 spiro atoms. The average Bonchev–Trinajstić information content (AvgIpc) is 2.90. The summed E-state index contributed by atoms with van der Waals surface area (Å²) in [4.78, 5) is 0. The van der Waals surface area contributed by atoms with Crippen molar-refractivity contribution in [2.75, 3.05) is 26.8 Å². The van der Waals surface area contributed by atoms with Crippen molar-refractivity contribution in [1.29, 1.82) is 0 Å². The van der Waals surface area contributed by atoms with Crippen LogP contribution in [0.2, 0.25) is 0 Å². The Morgan fingerprint density at radius 2 is 2.00 bits per heavy atom. The molecule has 2 atom stereocenters. The van der Waals surface area contributed by atoms with E-state index in [1.165, 1.54) is 5.56 Å². The molecule has 0 saturated carbocycles. The van der Waals surface area contributed by atoms with Crippen LogP contribution in [0.4, 0.5) is 0 Å². The average molecular weight is 290 g/mol. The molecular formula is C17H26N2O2. The molecule has 3 rings (SSSR count). The topological polar surface area (TPSA) is 42.5 Å². The van der Waals surface area contributed by atoms with Gasteiger partial charge in [0, 0.05) is 18.7 Å². The van der Waals surface area contributed by atoms with Gasteiger partial charge in [-0.25, -0.2) is 0 Å². The van der Waals surface area contributed by atoms with E-state index in [9.17, 15) is 0 Å². The van der Waals surface area contributed by atoms with Crippen molar-refractivity contribution >= 4 is 0 Å². The van der Waals surface area contributed by atoms with Gasteiger partial charge in [-0.3, -0.25) is 0 Å². The van der Waals surface area contributed by atoms with Crippen LogP contribution < -0.4 is 15.4 Å². The molecule has 0 aliphatic carbocycles. The lowest BCUT2D eigenvalue weighted by atomic mass is 9.84. The fourth-order valence-electron chi connectivity index (χ4n) is 3.61. The van der Waals surface area contributed by atoms with Gasteiger partial charge in [0.2, 0.25) is 0 Å². The van der Waals surface area contributed by atoms with E-state index in [4.69, 9.17) is 9.47 Å². The molecule has 4 nitrogen and oxygen atoms in total. The van der Waals surface area contributed by atoms with Gasteiger partial charge in [0.1, 0.15) is 5.75 Å². The third-order valence-electron chi connectivity index (χ3n) is 4.95. The summed E-state index contributed by atoms with van der Waals surface area (Å²) in [6.45, 7) is 5.24. The molecule has 0 bridgehead atoms. The van der Waals surface area contributed by atoms with E-state index in [0.29, 0.717) is 12.1 Å². The lowest BCUT2D eigenvalue weighted by molar-refractivity contribution is -0.0350. The second-order valence-electron chi connectivity index (χ2n) is 6.17. The number of rotatable bonds is 4. The Bertz CT molecular complexity index is 454. The van der Waals surface area contributed by atoms with E-state index in [1.807, 2.05) is 12.1 Å². The van der Waals surface area contributed by atoms with Crippen molar-refractivity contribution in [2.24, 2.45) is 0 Å². The molecule has 1 aromatic carbocycles. The first-order valence-electron chi connectivity index (χ1n) is 7.98. The van der Waals surface area contributed by atoms with E-state index < -0.39 is 0 Å². The zero-order valence-corrected chi connectivity index (χ0v) is 13.0. The van der Waals surface area contributed by atoms with Gasteiger partial charge in [-0.2, -0.15) is 0 Å². The summed E-state index contributed by atoms with van der Waals surface area (Å²) in [7, 11) is 1.70. The van der Waals surface area contributed by atoms with Crippen molar-refractivity contribution in [3.8, 4) is 5.75 Å². The molecule has 2 fully saturated rings. The van der Waals surface area contributed by atoms with E-state index in [1.54, 1.807) is 7.11 Å². The van der Waals surface area contributed by atoms with Crippen LogP contribution in [0.1, 0.15) is 37.8 Å². The maximum Gasteiger partial charge on any atom is 0.118 e. The van der Waals surface area contributed by atoms with E-state index >= 15 is 0 Å². The summed E-state index contributed by atoms with van der Waals surface area (Å²) >= 11 is 0. The lowest BCUT2D eigenvalue weighted by Gasteiger charge is -2.39. The maximum atomic E-state index is 6.14. The Morgan fingerprint density at radius 1 is 1.29 bits per heavy atom. The van der Waals surface area contributed by atoms with E-state index in [-0.39, 0.29) is 5.60 Å². The fourth-order valence-corrected chi connectivity index (χ4v) is 3.61. The highest BCUT2D eigenvalue weighted by Crippen LogP contribution is 2.35.